The van der Waals surface area contributed by atoms with Crippen LogP contribution in [0.5, 0.6) is 0 Å². The smallest absolute Gasteiger partial charge is 0.410 e. The summed E-state index contributed by atoms with van der Waals surface area (Å²) in [7, 11) is -3.26. The van der Waals surface area contributed by atoms with Gasteiger partial charge in [0.15, 0.2) is 12.3 Å². The van der Waals surface area contributed by atoms with Crippen molar-refractivity contribution in [2.24, 2.45) is 17.3 Å². The van der Waals surface area contributed by atoms with Crippen LogP contribution in [0.25, 0.3) is 0 Å². The molecule has 47 heavy (non-hydrogen) atoms. The summed E-state index contributed by atoms with van der Waals surface area (Å²) in [5.41, 5.74) is -0.860. The van der Waals surface area contributed by atoms with E-state index in [0.29, 0.717) is 51.2 Å². The van der Waals surface area contributed by atoms with E-state index in [1.807, 2.05) is 41.5 Å². The van der Waals surface area contributed by atoms with Crippen molar-refractivity contribution in [3.63, 3.8) is 0 Å². The molecule has 13 heteroatoms. The fourth-order valence-corrected chi connectivity index (χ4v) is 8.68. The second-order valence-electron chi connectivity index (χ2n) is 16.3. The molecular formula is C34H59N4O8P. The maximum atomic E-state index is 14.3. The van der Waals surface area contributed by atoms with Gasteiger partial charge < -0.3 is 24.0 Å². The maximum absolute atomic E-state index is 14.3. The van der Waals surface area contributed by atoms with Crippen LogP contribution in [0.15, 0.2) is 0 Å². The van der Waals surface area contributed by atoms with E-state index in [-0.39, 0.29) is 48.6 Å². The number of rotatable bonds is 9. The fourth-order valence-electron chi connectivity index (χ4n) is 7.41. The zero-order chi connectivity index (χ0) is 34.7. The van der Waals surface area contributed by atoms with E-state index < -0.39 is 37.2 Å². The average molecular weight is 683 g/mol. The van der Waals surface area contributed by atoms with Crippen LogP contribution in [0.4, 0.5) is 4.79 Å². The van der Waals surface area contributed by atoms with Gasteiger partial charge in [0.05, 0.1) is 13.2 Å². The standard InChI is InChI=1S/C34H59N4O8P/c1-9-44-47(8,43)23-29(39)38-28-22-36(21-25-15-17-35(18-16-25)32(42)45-34(5,6)7)30(40)26(20-33(2,3)4)37(28)31(41)27(46-38)19-24-13-11-10-12-14-24/h24-28H,9-23H2,1-8H3/t26-,27+,28-,47?/m0/s1. The first-order valence-corrected chi connectivity index (χ1v) is 19.9. The molecule has 4 aliphatic rings. The first kappa shape index (κ1) is 37.6. The molecule has 3 heterocycles. The van der Waals surface area contributed by atoms with E-state index in [4.69, 9.17) is 14.1 Å². The molecule has 268 valence electrons. The quantitative estimate of drug-likeness (QED) is 0.292. The molecule has 0 aromatic heterocycles. The SMILES string of the molecule is CCOP(C)(=O)CC(=O)N1O[C@H](CC2CCCCC2)C(=O)N2[C@@H]1CN(CC1CCN(C(=O)OC(C)(C)C)CC1)C(=O)[C@@H]2CC(C)(C)C. The molecule has 1 saturated carbocycles. The zero-order valence-corrected chi connectivity index (χ0v) is 30.9. The molecule has 4 atom stereocenters. The third-order valence-electron chi connectivity index (χ3n) is 9.57. The van der Waals surface area contributed by atoms with Crippen molar-refractivity contribution >= 4 is 31.2 Å². The van der Waals surface area contributed by atoms with Crippen molar-refractivity contribution < 1.29 is 37.8 Å². The lowest BCUT2D eigenvalue weighted by Gasteiger charge is -2.54. The molecule has 0 radical (unpaired) electrons. The molecular weight excluding hydrogens is 623 g/mol. The molecule has 0 aromatic carbocycles. The highest BCUT2D eigenvalue weighted by molar-refractivity contribution is 7.59. The number of carbonyl (C=O) groups is 4. The fraction of sp³-hybridized carbons (Fsp3) is 0.882. The largest absolute Gasteiger partial charge is 0.444 e. The number of hydrogen-bond donors (Lipinski definition) is 0. The van der Waals surface area contributed by atoms with E-state index in [1.165, 1.54) is 18.1 Å². The number of likely N-dealkylation sites (tertiary alicyclic amines) is 1. The number of nitrogens with zero attached hydrogens (tertiary/aromatic N) is 4. The number of piperazine rings is 1. The van der Waals surface area contributed by atoms with Crippen molar-refractivity contribution in [3.05, 3.63) is 0 Å². The van der Waals surface area contributed by atoms with Gasteiger partial charge in [-0.2, -0.15) is 5.06 Å². The minimum Gasteiger partial charge on any atom is -0.444 e. The number of hydrogen-bond acceptors (Lipinski definition) is 8. The summed E-state index contributed by atoms with van der Waals surface area (Å²) in [5, 5.41) is 1.25. The lowest BCUT2D eigenvalue weighted by molar-refractivity contribution is -0.276. The van der Waals surface area contributed by atoms with E-state index >= 15 is 0 Å². The first-order chi connectivity index (χ1) is 21.9. The van der Waals surface area contributed by atoms with Crippen molar-refractivity contribution in [3.8, 4) is 0 Å². The zero-order valence-electron chi connectivity index (χ0n) is 30.0. The lowest BCUT2D eigenvalue weighted by Crippen LogP contribution is -2.74. The molecule has 3 aliphatic heterocycles. The Balaban J connectivity index is 1.59. The summed E-state index contributed by atoms with van der Waals surface area (Å²) in [4.78, 5) is 66.6. The van der Waals surface area contributed by atoms with Gasteiger partial charge in [-0.25, -0.2) is 4.79 Å². The third kappa shape index (κ3) is 10.2. The molecule has 12 nitrogen and oxygen atoms in total. The number of ether oxygens (including phenoxy) is 1. The Bertz CT molecular complexity index is 1190. The predicted octanol–water partition coefficient (Wildman–Crippen LogP) is 5.49. The van der Waals surface area contributed by atoms with Gasteiger partial charge >= 0.3 is 6.09 Å². The van der Waals surface area contributed by atoms with Gasteiger partial charge in [-0.15, -0.1) is 0 Å². The van der Waals surface area contributed by atoms with Crippen molar-refractivity contribution in [2.45, 2.75) is 130 Å². The highest BCUT2D eigenvalue weighted by atomic mass is 31.2. The molecule has 1 aliphatic carbocycles. The Morgan fingerprint density at radius 1 is 0.936 bits per heavy atom. The lowest BCUT2D eigenvalue weighted by atomic mass is 9.83. The van der Waals surface area contributed by atoms with Crippen LogP contribution >= 0.6 is 7.37 Å². The van der Waals surface area contributed by atoms with Gasteiger partial charge in [-0.05, 0) is 70.6 Å². The Kier molecular flexibility index (Phi) is 12.1. The number of carbonyl (C=O) groups excluding carboxylic acids is 4. The molecule has 3 saturated heterocycles. The molecule has 1 unspecified atom stereocenters. The Hall–Kier alpha value is -2.17. The second-order valence-corrected chi connectivity index (χ2v) is 18.9. The molecule has 0 bridgehead atoms. The summed E-state index contributed by atoms with van der Waals surface area (Å²) >= 11 is 0. The normalized spacial score (nSPS) is 26.7. The number of piperidine rings is 1. The monoisotopic (exact) mass is 682 g/mol. The van der Waals surface area contributed by atoms with E-state index in [0.717, 1.165) is 25.7 Å². The summed E-state index contributed by atoms with van der Waals surface area (Å²) in [6, 6.07) is -0.767. The van der Waals surface area contributed by atoms with Crippen LogP contribution in [-0.2, 0) is 33.0 Å². The molecule has 4 fully saturated rings. The van der Waals surface area contributed by atoms with Crippen LogP contribution in [0, 0.1) is 17.3 Å². The average Bonchev–Trinajstić information content (AvgIpc) is 2.95. The second kappa shape index (κ2) is 15.2. The summed E-state index contributed by atoms with van der Waals surface area (Å²) in [5.74, 6) is -0.439. The van der Waals surface area contributed by atoms with Crippen LogP contribution in [0.1, 0.15) is 106 Å². The molecule has 0 spiro atoms. The highest BCUT2D eigenvalue weighted by Crippen LogP contribution is 2.44. The van der Waals surface area contributed by atoms with Gasteiger partial charge in [-0.1, -0.05) is 52.9 Å². The Morgan fingerprint density at radius 2 is 1.57 bits per heavy atom. The minimum atomic E-state index is -3.26. The van der Waals surface area contributed by atoms with E-state index in [2.05, 4.69) is 0 Å². The summed E-state index contributed by atoms with van der Waals surface area (Å²) in [6.45, 7) is 16.7. The topological polar surface area (TPSA) is 126 Å². The van der Waals surface area contributed by atoms with Gasteiger partial charge in [0.25, 0.3) is 11.8 Å². The van der Waals surface area contributed by atoms with Crippen molar-refractivity contribution in [2.75, 3.05) is 45.6 Å². The van der Waals surface area contributed by atoms with Crippen molar-refractivity contribution in [1.82, 2.24) is 19.8 Å². The maximum Gasteiger partial charge on any atom is 0.410 e. The van der Waals surface area contributed by atoms with Crippen LogP contribution in [0.3, 0.4) is 0 Å². The molecule has 4 amide bonds. The highest BCUT2D eigenvalue weighted by Gasteiger charge is 2.54. The summed E-state index contributed by atoms with van der Waals surface area (Å²) in [6.07, 6.45) is 5.29. The predicted molar refractivity (Wildman–Crippen MR) is 179 cm³/mol. The molecule has 4 rings (SSSR count). The van der Waals surface area contributed by atoms with E-state index in [1.54, 1.807) is 21.6 Å². The number of fused-ring (bicyclic) bond motifs is 1. The molecule has 0 aromatic rings. The van der Waals surface area contributed by atoms with Gasteiger partial charge in [0, 0.05) is 26.3 Å². The number of hydroxylamine groups is 2. The minimum absolute atomic E-state index is 0.0992. The van der Waals surface area contributed by atoms with Crippen molar-refractivity contribution in [1.29, 1.82) is 0 Å². The third-order valence-corrected chi connectivity index (χ3v) is 11.2. The molecule has 0 N–H and O–H groups in total. The van der Waals surface area contributed by atoms with Crippen LogP contribution in [-0.4, -0.2) is 113 Å². The van der Waals surface area contributed by atoms with Crippen LogP contribution < -0.4 is 0 Å². The Labute approximate surface area is 281 Å². The Morgan fingerprint density at radius 3 is 2.15 bits per heavy atom. The van der Waals surface area contributed by atoms with Gasteiger partial charge in [0.1, 0.15) is 17.8 Å². The van der Waals surface area contributed by atoms with Gasteiger partial charge in [-0.3, -0.25) is 23.8 Å². The summed E-state index contributed by atoms with van der Waals surface area (Å²) < 4.78 is 24.2. The van der Waals surface area contributed by atoms with Gasteiger partial charge in [0.2, 0.25) is 13.3 Å². The first-order valence-electron chi connectivity index (χ1n) is 17.7. The van der Waals surface area contributed by atoms with Crippen LogP contribution in [0.2, 0.25) is 0 Å². The van der Waals surface area contributed by atoms with E-state index in [9.17, 15) is 23.7 Å². The number of amides is 4.